The van der Waals surface area contributed by atoms with E-state index >= 15 is 0 Å². The van der Waals surface area contributed by atoms with E-state index in [4.69, 9.17) is 0 Å². The van der Waals surface area contributed by atoms with Crippen LogP contribution in [-0.2, 0) is 11.3 Å². The Kier molecular flexibility index (Phi) is 6.00. The Morgan fingerprint density at radius 2 is 1.68 bits per heavy atom. The van der Waals surface area contributed by atoms with Gasteiger partial charge in [0, 0.05) is 38.8 Å². The Morgan fingerprint density at radius 1 is 0.935 bits per heavy atom. The van der Waals surface area contributed by atoms with E-state index in [9.17, 15) is 4.79 Å². The molecular formula is C25H31N5O. The number of aromatic nitrogens is 2. The lowest BCUT2D eigenvalue weighted by Gasteiger charge is -2.34. The summed E-state index contributed by atoms with van der Waals surface area (Å²) in [6.07, 6.45) is 6.61. The van der Waals surface area contributed by atoms with Crippen LogP contribution in [0.1, 0.15) is 37.3 Å². The molecule has 5 rings (SSSR count). The lowest BCUT2D eigenvalue weighted by molar-refractivity contribution is -0.117. The summed E-state index contributed by atoms with van der Waals surface area (Å²) in [5, 5.41) is 10.2. The van der Waals surface area contributed by atoms with E-state index in [2.05, 4.69) is 62.7 Å². The predicted octanol–water partition coefficient (Wildman–Crippen LogP) is 3.91. The number of rotatable bonds is 6. The first-order valence-corrected chi connectivity index (χ1v) is 11.5. The molecule has 1 aliphatic carbocycles. The minimum atomic E-state index is 0.0576. The van der Waals surface area contributed by atoms with Gasteiger partial charge in [0.15, 0.2) is 0 Å². The van der Waals surface area contributed by atoms with E-state index in [1.54, 1.807) is 6.20 Å². The summed E-state index contributed by atoms with van der Waals surface area (Å²) in [5.41, 5.74) is 1.38. The summed E-state index contributed by atoms with van der Waals surface area (Å²) < 4.78 is 2.01. The molecule has 6 nitrogen and oxygen atoms in total. The fourth-order valence-corrected chi connectivity index (χ4v) is 5.02. The quantitative estimate of drug-likeness (QED) is 0.661. The standard InChI is InChI=1S/C25H31N5O/c31-25(27-24-12-13-26-30(24)22-9-2-3-10-22)19-29-16-14-28(15-17-29)18-21-8-5-7-20-6-1-4-11-23(20)21/h1,4-8,11-13,22H,2-3,9-10,14-19H2,(H,27,31). The van der Waals surface area contributed by atoms with E-state index in [1.165, 1.54) is 29.2 Å². The van der Waals surface area contributed by atoms with Crippen LogP contribution in [0.4, 0.5) is 5.82 Å². The highest BCUT2D eigenvalue weighted by atomic mass is 16.2. The van der Waals surface area contributed by atoms with Gasteiger partial charge in [-0.05, 0) is 29.2 Å². The van der Waals surface area contributed by atoms with Crippen molar-refractivity contribution in [3.05, 3.63) is 60.3 Å². The highest BCUT2D eigenvalue weighted by Gasteiger charge is 2.22. The number of amides is 1. The van der Waals surface area contributed by atoms with Crippen LogP contribution in [0.5, 0.6) is 0 Å². The Bertz CT molecular complexity index is 1030. The topological polar surface area (TPSA) is 53.4 Å². The maximum absolute atomic E-state index is 12.7. The number of fused-ring (bicyclic) bond motifs is 1. The van der Waals surface area contributed by atoms with Gasteiger partial charge in [-0.25, -0.2) is 4.68 Å². The molecule has 2 aromatic carbocycles. The van der Waals surface area contributed by atoms with Crippen molar-refractivity contribution in [2.24, 2.45) is 0 Å². The molecule has 2 heterocycles. The molecule has 2 aliphatic rings. The van der Waals surface area contributed by atoms with Crippen LogP contribution in [0, 0.1) is 0 Å². The number of benzene rings is 2. The lowest BCUT2D eigenvalue weighted by atomic mass is 10.0. The van der Waals surface area contributed by atoms with Gasteiger partial charge in [-0.2, -0.15) is 5.10 Å². The zero-order valence-corrected chi connectivity index (χ0v) is 18.0. The molecule has 1 aromatic heterocycles. The van der Waals surface area contributed by atoms with Crippen LogP contribution in [0.3, 0.4) is 0 Å². The smallest absolute Gasteiger partial charge is 0.239 e. The van der Waals surface area contributed by atoms with Crippen molar-refractivity contribution in [2.45, 2.75) is 38.3 Å². The van der Waals surface area contributed by atoms with E-state index in [0.717, 1.165) is 51.4 Å². The highest BCUT2D eigenvalue weighted by molar-refractivity contribution is 5.91. The van der Waals surface area contributed by atoms with Gasteiger partial charge in [0.2, 0.25) is 5.91 Å². The Balaban J connectivity index is 1.13. The number of carbonyl (C=O) groups is 1. The molecule has 1 amide bonds. The molecule has 162 valence electrons. The highest BCUT2D eigenvalue weighted by Crippen LogP contribution is 2.31. The molecule has 1 saturated carbocycles. The van der Waals surface area contributed by atoms with Gasteiger partial charge in [-0.1, -0.05) is 55.3 Å². The van der Waals surface area contributed by atoms with Gasteiger partial charge < -0.3 is 5.32 Å². The fraction of sp³-hybridized carbons (Fsp3) is 0.440. The number of anilines is 1. The molecule has 1 aliphatic heterocycles. The summed E-state index contributed by atoms with van der Waals surface area (Å²) in [5.74, 6) is 0.897. The molecule has 0 bridgehead atoms. The second-order valence-electron chi connectivity index (χ2n) is 8.84. The van der Waals surface area contributed by atoms with Gasteiger partial charge in [-0.3, -0.25) is 14.6 Å². The van der Waals surface area contributed by atoms with Crippen molar-refractivity contribution in [3.63, 3.8) is 0 Å². The summed E-state index contributed by atoms with van der Waals surface area (Å²) in [7, 11) is 0. The first-order chi connectivity index (χ1) is 15.3. The molecule has 0 atom stereocenters. The minimum Gasteiger partial charge on any atom is -0.310 e. The molecule has 1 N–H and O–H groups in total. The molecule has 3 aromatic rings. The molecule has 2 fully saturated rings. The van der Waals surface area contributed by atoms with Crippen LogP contribution in [0.25, 0.3) is 10.8 Å². The van der Waals surface area contributed by atoms with Crippen LogP contribution < -0.4 is 5.32 Å². The minimum absolute atomic E-state index is 0.0576. The summed E-state index contributed by atoms with van der Waals surface area (Å²) in [6.45, 7) is 5.20. The summed E-state index contributed by atoms with van der Waals surface area (Å²) in [4.78, 5) is 17.4. The molecule has 6 heteroatoms. The number of hydrogen-bond acceptors (Lipinski definition) is 4. The molecule has 1 saturated heterocycles. The number of piperazine rings is 1. The molecule has 0 radical (unpaired) electrons. The van der Waals surface area contributed by atoms with Gasteiger partial charge in [0.05, 0.1) is 18.8 Å². The first kappa shape index (κ1) is 20.2. The number of nitrogens with one attached hydrogen (secondary N) is 1. The average Bonchev–Trinajstić information content (AvgIpc) is 3.47. The molecular weight excluding hydrogens is 386 g/mol. The van der Waals surface area contributed by atoms with Gasteiger partial charge in [0.1, 0.15) is 5.82 Å². The van der Waals surface area contributed by atoms with Crippen molar-refractivity contribution in [1.29, 1.82) is 0 Å². The monoisotopic (exact) mass is 417 g/mol. The summed E-state index contributed by atoms with van der Waals surface area (Å²) >= 11 is 0. The maximum Gasteiger partial charge on any atom is 0.239 e. The van der Waals surface area contributed by atoms with Crippen LogP contribution in [0.15, 0.2) is 54.7 Å². The van der Waals surface area contributed by atoms with E-state index in [1.807, 2.05) is 10.7 Å². The van der Waals surface area contributed by atoms with Gasteiger partial charge in [-0.15, -0.1) is 0 Å². The largest absolute Gasteiger partial charge is 0.310 e. The molecule has 0 spiro atoms. The Hall–Kier alpha value is -2.70. The third-order valence-corrected chi connectivity index (χ3v) is 6.71. The Labute approximate surface area is 183 Å². The second kappa shape index (κ2) is 9.20. The SMILES string of the molecule is O=C(CN1CCN(Cc2cccc3ccccc23)CC1)Nc1ccnn1C1CCCC1. The van der Waals surface area contributed by atoms with Crippen molar-refractivity contribution >= 4 is 22.5 Å². The number of nitrogens with zero attached hydrogens (tertiary/aromatic N) is 4. The van der Waals surface area contributed by atoms with Crippen molar-refractivity contribution in [3.8, 4) is 0 Å². The van der Waals surface area contributed by atoms with E-state index in [-0.39, 0.29) is 5.91 Å². The van der Waals surface area contributed by atoms with Gasteiger partial charge >= 0.3 is 0 Å². The number of carbonyl (C=O) groups excluding carboxylic acids is 1. The second-order valence-corrected chi connectivity index (χ2v) is 8.84. The van der Waals surface area contributed by atoms with Crippen LogP contribution in [-0.4, -0.2) is 58.2 Å². The maximum atomic E-state index is 12.7. The Morgan fingerprint density at radius 3 is 2.52 bits per heavy atom. The lowest BCUT2D eigenvalue weighted by Crippen LogP contribution is -2.48. The van der Waals surface area contributed by atoms with E-state index < -0.39 is 0 Å². The third-order valence-electron chi connectivity index (χ3n) is 6.71. The summed E-state index contributed by atoms with van der Waals surface area (Å²) in [6, 6.07) is 17.5. The zero-order chi connectivity index (χ0) is 21.0. The van der Waals surface area contributed by atoms with E-state index in [0.29, 0.717) is 12.6 Å². The fourth-order valence-electron chi connectivity index (χ4n) is 5.02. The number of hydrogen-bond donors (Lipinski definition) is 1. The van der Waals surface area contributed by atoms with Crippen molar-refractivity contribution in [2.75, 3.05) is 38.0 Å². The first-order valence-electron chi connectivity index (χ1n) is 11.5. The van der Waals surface area contributed by atoms with Crippen LogP contribution in [0.2, 0.25) is 0 Å². The predicted molar refractivity (Wildman–Crippen MR) is 124 cm³/mol. The van der Waals surface area contributed by atoms with Crippen molar-refractivity contribution in [1.82, 2.24) is 19.6 Å². The average molecular weight is 418 g/mol. The van der Waals surface area contributed by atoms with Gasteiger partial charge in [0.25, 0.3) is 0 Å². The molecule has 31 heavy (non-hydrogen) atoms. The zero-order valence-electron chi connectivity index (χ0n) is 18.0. The molecule has 0 unspecified atom stereocenters. The normalized spacial score (nSPS) is 18.6. The van der Waals surface area contributed by atoms with Crippen molar-refractivity contribution < 1.29 is 4.79 Å². The third kappa shape index (κ3) is 4.65. The van der Waals surface area contributed by atoms with Crippen LogP contribution >= 0.6 is 0 Å².